The van der Waals surface area contributed by atoms with E-state index in [9.17, 15) is 8.42 Å². The summed E-state index contributed by atoms with van der Waals surface area (Å²) in [5.74, 6) is 0. The highest BCUT2D eigenvalue weighted by atomic mass is 32.2. The fourth-order valence-electron chi connectivity index (χ4n) is 3.17. The number of anilines is 1. The van der Waals surface area contributed by atoms with Gasteiger partial charge in [-0.05, 0) is 42.4 Å². The SMILES string of the molecule is CCN1CCOC(c2ccc(NS(=O)(=O)c3ccc4ncsc4c3)cc2)C1. The first-order valence-electron chi connectivity index (χ1n) is 8.85. The largest absolute Gasteiger partial charge is 0.371 e. The van der Waals surface area contributed by atoms with Gasteiger partial charge in [-0.1, -0.05) is 19.1 Å². The first-order valence-corrected chi connectivity index (χ1v) is 11.2. The van der Waals surface area contributed by atoms with Crippen LogP contribution in [0.2, 0.25) is 0 Å². The Morgan fingerprint density at radius 3 is 2.85 bits per heavy atom. The maximum Gasteiger partial charge on any atom is 0.261 e. The molecule has 0 saturated carbocycles. The second-order valence-electron chi connectivity index (χ2n) is 6.46. The molecule has 2 heterocycles. The molecule has 4 rings (SSSR count). The number of morpholine rings is 1. The topological polar surface area (TPSA) is 71.5 Å². The van der Waals surface area contributed by atoms with Gasteiger partial charge in [-0.3, -0.25) is 9.62 Å². The van der Waals surface area contributed by atoms with Crippen LogP contribution in [0.15, 0.2) is 52.9 Å². The van der Waals surface area contributed by atoms with Gasteiger partial charge in [-0.15, -0.1) is 11.3 Å². The van der Waals surface area contributed by atoms with Gasteiger partial charge in [0.25, 0.3) is 10.0 Å². The van der Waals surface area contributed by atoms with Crippen LogP contribution < -0.4 is 4.72 Å². The van der Waals surface area contributed by atoms with Gasteiger partial charge >= 0.3 is 0 Å². The van der Waals surface area contributed by atoms with Gasteiger partial charge < -0.3 is 4.74 Å². The lowest BCUT2D eigenvalue weighted by atomic mass is 10.1. The van der Waals surface area contributed by atoms with Crippen molar-refractivity contribution in [3.8, 4) is 0 Å². The molecule has 1 aliphatic rings. The normalized spacial score (nSPS) is 18.6. The minimum atomic E-state index is -3.64. The van der Waals surface area contributed by atoms with E-state index in [0.29, 0.717) is 12.3 Å². The lowest BCUT2D eigenvalue weighted by Crippen LogP contribution is -2.38. The summed E-state index contributed by atoms with van der Waals surface area (Å²) in [5, 5.41) is 0. The van der Waals surface area contributed by atoms with Crippen molar-refractivity contribution in [2.45, 2.75) is 17.9 Å². The van der Waals surface area contributed by atoms with E-state index in [1.165, 1.54) is 11.3 Å². The monoisotopic (exact) mass is 403 g/mol. The second-order valence-corrected chi connectivity index (χ2v) is 9.03. The summed E-state index contributed by atoms with van der Waals surface area (Å²) < 4.78 is 34.7. The van der Waals surface area contributed by atoms with Crippen LogP contribution in [0.3, 0.4) is 0 Å². The number of aromatic nitrogens is 1. The summed E-state index contributed by atoms with van der Waals surface area (Å²) in [6.07, 6.45) is 0.0260. The van der Waals surface area contributed by atoms with Crippen molar-refractivity contribution >= 4 is 37.3 Å². The first kappa shape index (κ1) is 18.4. The molecular formula is C19H21N3O3S2. The van der Waals surface area contributed by atoms with E-state index in [0.717, 1.165) is 35.4 Å². The molecule has 1 atom stereocenters. The van der Waals surface area contributed by atoms with E-state index in [1.807, 2.05) is 12.1 Å². The zero-order chi connectivity index (χ0) is 18.9. The van der Waals surface area contributed by atoms with Gasteiger partial charge in [0.1, 0.15) is 0 Å². The third kappa shape index (κ3) is 3.98. The molecule has 3 aromatic rings. The van der Waals surface area contributed by atoms with E-state index < -0.39 is 10.0 Å². The summed E-state index contributed by atoms with van der Waals surface area (Å²) in [4.78, 5) is 6.76. The van der Waals surface area contributed by atoms with Crippen LogP contribution in [-0.2, 0) is 14.8 Å². The van der Waals surface area contributed by atoms with Gasteiger partial charge in [0.05, 0.1) is 33.3 Å². The van der Waals surface area contributed by atoms with Crippen molar-refractivity contribution in [2.75, 3.05) is 31.0 Å². The standard InChI is InChI=1S/C19H21N3O3S2/c1-2-22-9-10-25-18(12-22)14-3-5-15(6-4-14)21-27(23,24)16-7-8-17-19(11-16)26-13-20-17/h3-8,11,13,18,21H,2,9-10,12H2,1H3. The zero-order valence-corrected chi connectivity index (χ0v) is 16.6. The molecule has 1 fully saturated rings. The second kappa shape index (κ2) is 7.55. The number of hydrogen-bond donors (Lipinski definition) is 1. The summed E-state index contributed by atoms with van der Waals surface area (Å²) in [6.45, 7) is 5.67. The highest BCUT2D eigenvalue weighted by Gasteiger charge is 2.21. The number of likely N-dealkylation sites (N-methyl/N-ethyl adjacent to an activating group) is 1. The summed E-state index contributed by atoms with van der Waals surface area (Å²) in [6, 6.07) is 12.4. The summed E-state index contributed by atoms with van der Waals surface area (Å²) in [5.41, 5.74) is 4.10. The predicted molar refractivity (Wildman–Crippen MR) is 108 cm³/mol. The van der Waals surface area contributed by atoms with Crippen molar-refractivity contribution in [1.29, 1.82) is 0 Å². The maximum absolute atomic E-state index is 12.7. The van der Waals surface area contributed by atoms with Crippen molar-refractivity contribution < 1.29 is 13.2 Å². The third-order valence-corrected chi connectivity index (χ3v) is 6.92. The molecule has 8 heteroatoms. The Balaban J connectivity index is 1.50. The average molecular weight is 404 g/mol. The molecule has 0 radical (unpaired) electrons. The van der Waals surface area contributed by atoms with Crippen molar-refractivity contribution in [2.24, 2.45) is 0 Å². The van der Waals surface area contributed by atoms with E-state index in [1.54, 1.807) is 35.8 Å². The van der Waals surface area contributed by atoms with Crippen LogP contribution >= 0.6 is 11.3 Å². The lowest BCUT2D eigenvalue weighted by molar-refractivity contribution is -0.0281. The Morgan fingerprint density at radius 1 is 1.26 bits per heavy atom. The van der Waals surface area contributed by atoms with Crippen molar-refractivity contribution in [3.05, 3.63) is 53.5 Å². The quantitative estimate of drug-likeness (QED) is 0.706. The summed E-state index contributed by atoms with van der Waals surface area (Å²) >= 11 is 1.42. The Kier molecular flexibility index (Phi) is 5.14. The number of rotatable bonds is 5. The molecule has 1 unspecified atom stereocenters. The number of ether oxygens (including phenoxy) is 1. The van der Waals surface area contributed by atoms with Crippen LogP contribution in [0.25, 0.3) is 10.2 Å². The Labute approximate surface area is 162 Å². The number of nitrogens with one attached hydrogen (secondary N) is 1. The number of thiazole rings is 1. The van der Waals surface area contributed by atoms with Crippen molar-refractivity contribution in [1.82, 2.24) is 9.88 Å². The molecular weight excluding hydrogens is 382 g/mol. The van der Waals surface area contributed by atoms with Crippen LogP contribution in [0.5, 0.6) is 0 Å². The average Bonchev–Trinajstić information content (AvgIpc) is 3.16. The van der Waals surface area contributed by atoms with Gasteiger partial charge in [0.15, 0.2) is 0 Å². The Bertz CT molecular complexity index is 1030. The smallest absolute Gasteiger partial charge is 0.261 e. The van der Waals surface area contributed by atoms with E-state index >= 15 is 0 Å². The van der Waals surface area contributed by atoms with Crippen LogP contribution in [0, 0.1) is 0 Å². The van der Waals surface area contributed by atoms with Crippen LogP contribution in [0.4, 0.5) is 5.69 Å². The predicted octanol–water partition coefficient (Wildman–Crippen LogP) is 3.49. The lowest BCUT2D eigenvalue weighted by Gasteiger charge is -2.32. The van der Waals surface area contributed by atoms with Gasteiger partial charge in [0, 0.05) is 18.8 Å². The van der Waals surface area contributed by atoms with Crippen molar-refractivity contribution in [3.63, 3.8) is 0 Å². The molecule has 0 spiro atoms. The van der Waals surface area contributed by atoms with E-state index in [-0.39, 0.29) is 11.0 Å². The minimum Gasteiger partial charge on any atom is -0.371 e. The third-order valence-electron chi connectivity index (χ3n) is 4.75. The fraction of sp³-hybridized carbons (Fsp3) is 0.316. The molecule has 1 aromatic heterocycles. The highest BCUT2D eigenvalue weighted by molar-refractivity contribution is 7.92. The van der Waals surface area contributed by atoms with Crippen LogP contribution in [-0.4, -0.2) is 44.5 Å². The van der Waals surface area contributed by atoms with Crippen LogP contribution in [0.1, 0.15) is 18.6 Å². The van der Waals surface area contributed by atoms with Gasteiger partial charge in [-0.2, -0.15) is 0 Å². The maximum atomic E-state index is 12.7. The molecule has 0 bridgehead atoms. The molecule has 1 saturated heterocycles. The number of sulfonamides is 1. The molecule has 0 amide bonds. The molecule has 1 aliphatic heterocycles. The minimum absolute atomic E-state index is 0.0260. The Hall–Kier alpha value is -2.00. The van der Waals surface area contributed by atoms with E-state index in [2.05, 4.69) is 21.5 Å². The van der Waals surface area contributed by atoms with E-state index in [4.69, 9.17) is 4.74 Å². The molecule has 1 N–H and O–H groups in total. The molecule has 6 nitrogen and oxygen atoms in total. The Morgan fingerprint density at radius 2 is 2.07 bits per heavy atom. The summed E-state index contributed by atoms with van der Waals surface area (Å²) in [7, 11) is -3.64. The number of benzene rings is 2. The van der Waals surface area contributed by atoms with Gasteiger partial charge in [-0.25, -0.2) is 13.4 Å². The number of fused-ring (bicyclic) bond motifs is 1. The fourth-order valence-corrected chi connectivity index (χ4v) is 5.05. The molecule has 142 valence electrons. The molecule has 27 heavy (non-hydrogen) atoms. The zero-order valence-electron chi connectivity index (χ0n) is 15.0. The van der Waals surface area contributed by atoms with Gasteiger partial charge in [0.2, 0.25) is 0 Å². The highest BCUT2D eigenvalue weighted by Crippen LogP contribution is 2.26. The number of nitrogens with zero attached hydrogens (tertiary/aromatic N) is 2. The molecule has 2 aromatic carbocycles. The first-order chi connectivity index (χ1) is 13.0. The molecule has 0 aliphatic carbocycles. The number of hydrogen-bond acceptors (Lipinski definition) is 6.